The molecule has 0 bridgehead atoms. The van der Waals surface area contributed by atoms with E-state index in [1.165, 1.54) is 11.1 Å². The SMILES string of the molecule is COc1ccc(C(NN)C(C)(C)N(C)C)c(C)c1. The van der Waals surface area contributed by atoms with Gasteiger partial charge in [0, 0.05) is 5.54 Å². The lowest BCUT2D eigenvalue weighted by Gasteiger charge is -2.40. The first-order valence-electron chi connectivity index (χ1n) is 6.12. The highest BCUT2D eigenvalue weighted by molar-refractivity contribution is 5.38. The zero-order valence-corrected chi connectivity index (χ0v) is 12.2. The van der Waals surface area contributed by atoms with Crippen molar-refractivity contribution in [1.29, 1.82) is 0 Å². The van der Waals surface area contributed by atoms with Gasteiger partial charge in [0.1, 0.15) is 5.75 Å². The van der Waals surface area contributed by atoms with E-state index in [2.05, 4.69) is 51.3 Å². The molecule has 4 heteroatoms. The van der Waals surface area contributed by atoms with E-state index >= 15 is 0 Å². The number of methoxy groups -OCH3 is 1. The molecule has 0 saturated heterocycles. The summed E-state index contributed by atoms with van der Waals surface area (Å²) in [5.74, 6) is 6.63. The van der Waals surface area contributed by atoms with Crippen LogP contribution in [-0.4, -0.2) is 31.6 Å². The minimum atomic E-state index is -0.0892. The van der Waals surface area contributed by atoms with Crippen LogP contribution in [0.2, 0.25) is 0 Å². The molecule has 0 aliphatic rings. The summed E-state index contributed by atoms with van der Waals surface area (Å²) in [7, 11) is 5.79. The number of likely N-dealkylation sites (N-methyl/N-ethyl adjacent to an activating group) is 1. The average molecular weight is 251 g/mol. The predicted molar refractivity (Wildman–Crippen MR) is 75.6 cm³/mol. The highest BCUT2D eigenvalue weighted by Gasteiger charge is 2.32. The van der Waals surface area contributed by atoms with Crippen LogP contribution < -0.4 is 16.0 Å². The van der Waals surface area contributed by atoms with Crippen molar-refractivity contribution < 1.29 is 4.74 Å². The zero-order chi connectivity index (χ0) is 13.9. The Labute approximate surface area is 110 Å². The van der Waals surface area contributed by atoms with Crippen molar-refractivity contribution in [2.45, 2.75) is 32.4 Å². The normalized spacial score (nSPS) is 13.8. The van der Waals surface area contributed by atoms with Gasteiger partial charge in [-0.3, -0.25) is 11.3 Å². The number of nitrogens with one attached hydrogen (secondary N) is 1. The lowest BCUT2D eigenvalue weighted by atomic mass is 9.86. The molecule has 0 fully saturated rings. The smallest absolute Gasteiger partial charge is 0.119 e. The lowest BCUT2D eigenvalue weighted by molar-refractivity contribution is 0.138. The number of ether oxygens (including phenoxy) is 1. The van der Waals surface area contributed by atoms with Gasteiger partial charge in [-0.15, -0.1) is 0 Å². The summed E-state index contributed by atoms with van der Waals surface area (Å²) < 4.78 is 5.23. The molecule has 0 heterocycles. The van der Waals surface area contributed by atoms with E-state index in [0.29, 0.717) is 0 Å². The van der Waals surface area contributed by atoms with Crippen molar-refractivity contribution in [3.63, 3.8) is 0 Å². The van der Waals surface area contributed by atoms with Crippen LogP contribution in [0.4, 0.5) is 0 Å². The topological polar surface area (TPSA) is 50.5 Å². The van der Waals surface area contributed by atoms with Gasteiger partial charge in [0.05, 0.1) is 13.2 Å². The van der Waals surface area contributed by atoms with Gasteiger partial charge in [-0.1, -0.05) is 6.07 Å². The highest BCUT2D eigenvalue weighted by Crippen LogP contribution is 2.32. The second-order valence-corrected chi connectivity index (χ2v) is 5.37. The van der Waals surface area contributed by atoms with Crippen LogP contribution in [0, 0.1) is 6.92 Å². The van der Waals surface area contributed by atoms with Gasteiger partial charge >= 0.3 is 0 Å². The van der Waals surface area contributed by atoms with Crippen molar-refractivity contribution in [2.24, 2.45) is 5.84 Å². The van der Waals surface area contributed by atoms with E-state index in [1.54, 1.807) is 7.11 Å². The van der Waals surface area contributed by atoms with E-state index in [-0.39, 0.29) is 11.6 Å². The Hall–Kier alpha value is -1.10. The van der Waals surface area contributed by atoms with Gasteiger partial charge in [-0.25, -0.2) is 0 Å². The van der Waals surface area contributed by atoms with Crippen molar-refractivity contribution in [3.05, 3.63) is 29.3 Å². The van der Waals surface area contributed by atoms with E-state index < -0.39 is 0 Å². The number of hydrazine groups is 1. The Morgan fingerprint density at radius 2 is 1.94 bits per heavy atom. The summed E-state index contributed by atoms with van der Waals surface area (Å²) >= 11 is 0. The highest BCUT2D eigenvalue weighted by atomic mass is 16.5. The Morgan fingerprint density at radius 3 is 2.33 bits per heavy atom. The van der Waals surface area contributed by atoms with Crippen LogP contribution in [0.1, 0.15) is 31.0 Å². The fourth-order valence-electron chi connectivity index (χ4n) is 2.03. The molecule has 0 aromatic heterocycles. The maximum absolute atomic E-state index is 5.76. The first-order valence-corrected chi connectivity index (χ1v) is 6.12. The minimum absolute atomic E-state index is 0.0541. The number of hydrogen-bond donors (Lipinski definition) is 2. The number of aryl methyl sites for hydroxylation is 1. The zero-order valence-electron chi connectivity index (χ0n) is 12.2. The van der Waals surface area contributed by atoms with E-state index in [1.807, 2.05) is 12.1 Å². The number of nitrogens with two attached hydrogens (primary N) is 1. The molecule has 0 spiro atoms. The molecule has 3 N–H and O–H groups in total. The summed E-state index contributed by atoms with van der Waals surface area (Å²) in [6.07, 6.45) is 0. The molecule has 1 rings (SSSR count). The maximum Gasteiger partial charge on any atom is 0.119 e. The molecular formula is C14H25N3O. The van der Waals surface area contributed by atoms with Crippen molar-refractivity contribution in [2.75, 3.05) is 21.2 Å². The number of hydrogen-bond acceptors (Lipinski definition) is 4. The fraction of sp³-hybridized carbons (Fsp3) is 0.571. The molecule has 0 aliphatic carbocycles. The van der Waals surface area contributed by atoms with Crippen molar-refractivity contribution in [3.8, 4) is 5.75 Å². The first-order chi connectivity index (χ1) is 8.34. The van der Waals surface area contributed by atoms with Crippen LogP contribution in [-0.2, 0) is 0 Å². The van der Waals surface area contributed by atoms with Crippen molar-refractivity contribution in [1.82, 2.24) is 10.3 Å². The number of benzene rings is 1. The largest absolute Gasteiger partial charge is 0.497 e. The van der Waals surface area contributed by atoms with Crippen molar-refractivity contribution >= 4 is 0 Å². The van der Waals surface area contributed by atoms with Crippen LogP contribution in [0.3, 0.4) is 0 Å². The number of rotatable bonds is 5. The fourth-order valence-corrected chi connectivity index (χ4v) is 2.03. The molecule has 0 saturated carbocycles. The average Bonchev–Trinajstić information content (AvgIpc) is 2.31. The first kappa shape index (κ1) is 15.0. The van der Waals surface area contributed by atoms with Gasteiger partial charge in [0.15, 0.2) is 0 Å². The molecule has 0 aliphatic heterocycles. The molecule has 1 aromatic carbocycles. The quantitative estimate of drug-likeness (QED) is 0.619. The van der Waals surface area contributed by atoms with E-state index in [0.717, 1.165) is 5.75 Å². The molecule has 4 nitrogen and oxygen atoms in total. The van der Waals surface area contributed by atoms with Crippen LogP contribution >= 0.6 is 0 Å². The summed E-state index contributed by atoms with van der Waals surface area (Å²) in [5.41, 5.74) is 5.21. The Kier molecular flexibility index (Phi) is 4.73. The van der Waals surface area contributed by atoms with Gasteiger partial charge in [0.2, 0.25) is 0 Å². The van der Waals surface area contributed by atoms with Gasteiger partial charge in [-0.05, 0) is 58.1 Å². The van der Waals surface area contributed by atoms with Crippen LogP contribution in [0.5, 0.6) is 5.75 Å². The second kappa shape index (κ2) is 5.69. The summed E-state index contributed by atoms with van der Waals surface area (Å²) in [5, 5.41) is 0. The van der Waals surface area contributed by atoms with Gasteiger partial charge in [0.25, 0.3) is 0 Å². The lowest BCUT2D eigenvalue weighted by Crippen LogP contribution is -2.51. The Morgan fingerprint density at radius 1 is 1.33 bits per heavy atom. The summed E-state index contributed by atoms with van der Waals surface area (Å²) in [6, 6.07) is 6.13. The van der Waals surface area contributed by atoms with Crippen LogP contribution in [0.15, 0.2) is 18.2 Å². The molecule has 18 heavy (non-hydrogen) atoms. The van der Waals surface area contributed by atoms with E-state index in [9.17, 15) is 0 Å². The second-order valence-electron chi connectivity index (χ2n) is 5.37. The molecule has 1 atom stereocenters. The summed E-state index contributed by atoms with van der Waals surface area (Å²) in [6.45, 7) is 6.41. The predicted octanol–water partition coefficient (Wildman–Crippen LogP) is 1.85. The molecule has 1 aromatic rings. The summed E-state index contributed by atoms with van der Waals surface area (Å²) in [4.78, 5) is 2.17. The minimum Gasteiger partial charge on any atom is -0.497 e. The third-order valence-electron chi connectivity index (χ3n) is 3.81. The van der Waals surface area contributed by atoms with E-state index in [4.69, 9.17) is 10.6 Å². The molecule has 0 amide bonds. The third kappa shape index (κ3) is 2.83. The third-order valence-corrected chi connectivity index (χ3v) is 3.81. The standard InChI is InChI=1S/C14H25N3O/c1-10-9-11(18-6)7-8-12(10)13(16-15)14(2,3)17(4)5/h7-9,13,16H,15H2,1-6H3. The molecule has 0 radical (unpaired) electrons. The molecule has 1 unspecified atom stereocenters. The maximum atomic E-state index is 5.76. The molecule has 102 valence electrons. The van der Waals surface area contributed by atoms with Crippen LogP contribution in [0.25, 0.3) is 0 Å². The van der Waals surface area contributed by atoms with Gasteiger partial charge in [-0.2, -0.15) is 0 Å². The molecular weight excluding hydrogens is 226 g/mol. The Bertz CT molecular complexity index is 402. The van der Waals surface area contributed by atoms with Gasteiger partial charge < -0.3 is 9.64 Å². The monoisotopic (exact) mass is 251 g/mol. The Balaban J connectivity index is 3.17. The number of nitrogens with zero attached hydrogens (tertiary/aromatic N) is 1.